The van der Waals surface area contributed by atoms with E-state index in [1.165, 1.54) is 0 Å². The van der Waals surface area contributed by atoms with E-state index in [-0.39, 0.29) is 19.3 Å². The molecular formula is C23H30ClN7O4. The number of aliphatic hydroxyl groups excluding tert-OH is 2. The third-order valence-corrected chi connectivity index (χ3v) is 6.08. The molecule has 0 saturated heterocycles. The van der Waals surface area contributed by atoms with Crippen LogP contribution >= 0.6 is 11.6 Å². The Balaban J connectivity index is 1.47. The molecule has 5 N–H and O–H groups in total. The number of methoxy groups -OCH3 is 1. The Bertz CT molecular complexity index is 1250. The number of hydrogen-bond acceptors (Lipinski definition) is 9. The summed E-state index contributed by atoms with van der Waals surface area (Å²) in [6.07, 6.45) is 4.55. The van der Waals surface area contributed by atoms with Crippen LogP contribution in [-0.2, 0) is 16.5 Å². The lowest BCUT2D eigenvalue weighted by molar-refractivity contribution is -0.00490. The van der Waals surface area contributed by atoms with Crippen molar-refractivity contribution in [3.63, 3.8) is 0 Å². The Kier molecular flexibility index (Phi) is 7.43. The molecule has 1 aromatic carbocycles. The predicted molar refractivity (Wildman–Crippen MR) is 133 cm³/mol. The number of anilines is 2. The highest BCUT2D eigenvalue weighted by atomic mass is 35.5. The number of H-pyrrole nitrogens is 1. The number of allylic oxidation sites excluding steroid dienone is 2. The van der Waals surface area contributed by atoms with E-state index in [9.17, 15) is 10.2 Å². The Morgan fingerprint density at radius 1 is 1.34 bits per heavy atom. The third-order valence-electron chi connectivity index (χ3n) is 5.67. The number of hydrogen-bond donors (Lipinski definition) is 5. The summed E-state index contributed by atoms with van der Waals surface area (Å²) in [5, 5.41) is 38.5. The fourth-order valence-electron chi connectivity index (χ4n) is 3.71. The topological polar surface area (TPSA) is 142 Å². The summed E-state index contributed by atoms with van der Waals surface area (Å²) in [6, 6.07) is 3.75. The van der Waals surface area contributed by atoms with Crippen LogP contribution in [0.4, 0.5) is 11.6 Å². The van der Waals surface area contributed by atoms with E-state index in [1.54, 1.807) is 45.0 Å². The lowest BCUT2D eigenvalue weighted by atomic mass is 10.0. The van der Waals surface area contributed by atoms with Gasteiger partial charge in [0.1, 0.15) is 24.7 Å². The van der Waals surface area contributed by atoms with E-state index >= 15 is 0 Å². The van der Waals surface area contributed by atoms with E-state index in [0.29, 0.717) is 34.7 Å². The highest BCUT2D eigenvalue weighted by Crippen LogP contribution is 2.33. The second-order valence-corrected chi connectivity index (χ2v) is 9.35. The second kappa shape index (κ2) is 10.3. The molecule has 2 unspecified atom stereocenters. The minimum absolute atomic E-state index is 0.00989. The molecule has 0 bridgehead atoms. The number of aliphatic hydroxyl groups is 2. The molecule has 2 atom stereocenters. The van der Waals surface area contributed by atoms with E-state index in [4.69, 9.17) is 21.1 Å². The summed E-state index contributed by atoms with van der Waals surface area (Å²) in [5.74, 6) is 1.68. The molecule has 35 heavy (non-hydrogen) atoms. The van der Waals surface area contributed by atoms with Crippen molar-refractivity contribution in [3.05, 3.63) is 47.1 Å². The first-order chi connectivity index (χ1) is 16.7. The summed E-state index contributed by atoms with van der Waals surface area (Å²) in [6.45, 7) is 3.47. The molecule has 4 rings (SSSR count). The Labute approximate surface area is 207 Å². The number of aromatic nitrogens is 5. The molecule has 1 aliphatic rings. The van der Waals surface area contributed by atoms with Crippen molar-refractivity contribution in [2.75, 3.05) is 25.6 Å². The van der Waals surface area contributed by atoms with Gasteiger partial charge in [-0.05, 0) is 32.1 Å². The number of nitrogens with zero attached hydrogens (tertiary/aromatic N) is 4. The van der Waals surface area contributed by atoms with Crippen molar-refractivity contribution in [1.29, 1.82) is 0 Å². The molecule has 0 aliphatic heterocycles. The van der Waals surface area contributed by atoms with Gasteiger partial charge in [0, 0.05) is 37.1 Å². The maximum Gasteiger partial charge on any atom is 0.225 e. The van der Waals surface area contributed by atoms with Crippen LogP contribution in [0.25, 0.3) is 16.5 Å². The van der Waals surface area contributed by atoms with Gasteiger partial charge in [0.15, 0.2) is 5.82 Å². The quantitative estimate of drug-likeness (QED) is 0.264. The van der Waals surface area contributed by atoms with Gasteiger partial charge in [0.25, 0.3) is 0 Å². The first-order valence-electron chi connectivity index (χ1n) is 11.1. The Morgan fingerprint density at radius 3 is 2.89 bits per heavy atom. The zero-order valence-corrected chi connectivity index (χ0v) is 20.8. The highest BCUT2D eigenvalue weighted by molar-refractivity contribution is 6.38. The lowest BCUT2D eigenvalue weighted by Gasteiger charge is -2.29. The SMILES string of the molecule is COC1CC(c2nc(Nc3ccc4[nH]ncc4c3Cl)n(C)n2)=CC=C1OCC(O)NC(C)(C)CO. The molecule has 0 spiro atoms. The maximum absolute atomic E-state index is 10.2. The minimum Gasteiger partial charge on any atom is -0.491 e. The average molecular weight is 504 g/mol. The lowest BCUT2D eigenvalue weighted by Crippen LogP contribution is -2.50. The van der Waals surface area contributed by atoms with E-state index in [0.717, 1.165) is 16.5 Å². The summed E-state index contributed by atoms with van der Waals surface area (Å²) in [7, 11) is 3.40. The molecule has 11 nitrogen and oxygen atoms in total. The van der Waals surface area contributed by atoms with Gasteiger partial charge in [-0.2, -0.15) is 10.1 Å². The number of aryl methyl sites for hydroxylation is 1. The van der Waals surface area contributed by atoms with E-state index < -0.39 is 11.8 Å². The Morgan fingerprint density at radius 2 is 2.14 bits per heavy atom. The van der Waals surface area contributed by atoms with Gasteiger partial charge < -0.3 is 25.0 Å². The summed E-state index contributed by atoms with van der Waals surface area (Å²) < 4.78 is 13.0. The number of rotatable bonds is 10. The van der Waals surface area contributed by atoms with Crippen molar-refractivity contribution in [2.45, 2.75) is 38.1 Å². The maximum atomic E-state index is 10.2. The molecule has 2 heterocycles. The minimum atomic E-state index is -0.944. The van der Waals surface area contributed by atoms with Crippen LogP contribution in [0.15, 0.2) is 36.2 Å². The zero-order chi connectivity index (χ0) is 25.2. The third kappa shape index (κ3) is 5.65. The van der Waals surface area contributed by atoms with Gasteiger partial charge in [0.2, 0.25) is 5.95 Å². The highest BCUT2D eigenvalue weighted by Gasteiger charge is 2.26. The average Bonchev–Trinajstić information content (AvgIpc) is 3.46. The molecule has 0 amide bonds. The molecule has 0 fully saturated rings. The van der Waals surface area contributed by atoms with Gasteiger partial charge in [-0.15, -0.1) is 5.10 Å². The zero-order valence-electron chi connectivity index (χ0n) is 20.0. The van der Waals surface area contributed by atoms with Crippen molar-refractivity contribution in [1.82, 2.24) is 30.3 Å². The number of aromatic amines is 1. The standard InChI is InChI=1S/C23H30ClN7O4/c1-23(2,12-32)28-19(33)11-35-17-8-5-13(9-18(17)34-4)21-27-22(31(3)30-21)26-16-7-6-15-14(20(16)24)10-25-29-15/h5-8,10,18-19,28,32-33H,9,11-12H2,1-4H3,(H,25,29)(H,26,27,30). The first kappa shape index (κ1) is 25.1. The molecule has 3 aromatic rings. The number of benzene rings is 1. The molecule has 12 heteroatoms. The summed E-state index contributed by atoms with van der Waals surface area (Å²) in [5.41, 5.74) is 1.80. The Hall–Kier alpha value is -2.96. The van der Waals surface area contributed by atoms with Gasteiger partial charge in [0.05, 0.1) is 29.0 Å². The van der Waals surface area contributed by atoms with Gasteiger partial charge >= 0.3 is 0 Å². The monoisotopic (exact) mass is 503 g/mol. The van der Waals surface area contributed by atoms with Crippen LogP contribution in [0.2, 0.25) is 5.02 Å². The molecule has 0 saturated carbocycles. The number of nitrogens with one attached hydrogen (secondary N) is 3. The molecule has 188 valence electrons. The number of ether oxygens (including phenoxy) is 2. The second-order valence-electron chi connectivity index (χ2n) is 8.97. The molecule has 1 aliphatic carbocycles. The van der Waals surface area contributed by atoms with Crippen molar-refractivity contribution < 1.29 is 19.7 Å². The largest absolute Gasteiger partial charge is 0.491 e. The summed E-state index contributed by atoms with van der Waals surface area (Å²) in [4.78, 5) is 4.65. The van der Waals surface area contributed by atoms with Crippen LogP contribution in [-0.4, -0.2) is 73.4 Å². The van der Waals surface area contributed by atoms with Crippen molar-refractivity contribution in [2.24, 2.45) is 7.05 Å². The van der Waals surface area contributed by atoms with Gasteiger partial charge in [-0.3, -0.25) is 10.4 Å². The number of fused-ring (bicyclic) bond motifs is 1. The summed E-state index contributed by atoms with van der Waals surface area (Å²) >= 11 is 6.53. The van der Waals surface area contributed by atoms with E-state index in [2.05, 4.69) is 30.9 Å². The molecule has 2 aromatic heterocycles. The smallest absolute Gasteiger partial charge is 0.225 e. The molecular weight excluding hydrogens is 474 g/mol. The number of halogens is 1. The van der Waals surface area contributed by atoms with Crippen LogP contribution in [0.5, 0.6) is 0 Å². The van der Waals surface area contributed by atoms with Crippen molar-refractivity contribution in [3.8, 4) is 0 Å². The van der Waals surface area contributed by atoms with Crippen LogP contribution in [0.3, 0.4) is 0 Å². The normalized spacial score (nSPS) is 17.3. The molecule has 0 radical (unpaired) electrons. The fourth-order valence-corrected chi connectivity index (χ4v) is 3.97. The van der Waals surface area contributed by atoms with Crippen molar-refractivity contribution >= 4 is 39.7 Å². The van der Waals surface area contributed by atoms with E-state index in [1.807, 2.05) is 18.2 Å². The van der Waals surface area contributed by atoms with Gasteiger partial charge in [-0.1, -0.05) is 17.7 Å². The fraction of sp³-hybridized carbons (Fsp3) is 0.435. The van der Waals surface area contributed by atoms with Crippen LogP contribution in [0.1, 0.15) is 26.1 Å². The first-order valence-corrected chi connectivity index (χ1v) is 11.5. The van der Waals surface area contributed by atoms with Crippen LogP contribution < -0.4 is 10.6 Å². The predicted octanol–water partition coefficient (Wildman–Crippen LogP) is 2.47. The van der Waals surface area contributed by atoms with Crippen LogP contribution in [0, 0.1) is 0 Å². The van der Waals surface area contributed by atoms with Gasteiger partial charge in [-0.25, -0.2) is 4.68 Å².